The molecular formula is C21H27N3O. The molecule has 0 atom stereocenters. The molecule has 0 unspecified atom stereocenters. The van der Waals surface area contributed by atoms with Crippen LogP contribution in [0.15, 0.2) is 42.7 Å². The summed E-state index contributed by atoms with van der Waals surface area (Å²) in [6.45, 7) is 5.74. The van der Waals surface area contributed by atoms with Crippen LogP contribution in [-0.4, -0.2) is 43.2 Å². The maximum atomic E-state index is 5.63. The van der Waals surface area contributed by atoms with Crippen molar-refractivity contribution in [1.82, 2.24) is 15.2 Å². The van der Waals surface area contributed by atoms with Crippen molar-refractivity contribution in [2.24, 2.45) is 5.41 Å². The van der Waals surface area contributed by atoms with Gasteiger partial charge in [0.05, 0.1) is 7.11 Å². The quantitative estimate of drug-likeness (QED) is 0.928. The number of nitrogens with one attached hydrogen (secondary N) is 1. The number of pyridine rings is 1. The second kappa shape index (κ2) is 7.14. The topological polar surface area (TPSA) is 37.4 Å². The Hall–Kier alpha value is -1.91. The number of nitrogens with zero attached hydrogens (tertiary/aromatic N) is 2. The van der Waals surface area contributed by atoms with Gasteiger partial charge in [-0.05, 0) is 79.7 Å². The standard InChI is InChI=1S/C21H27N3O/c1-25-20-3-2-18(17-4-9-22-10-5-17)14-19(20)15-24-13-8-21(16-24)6-11-23-12-7-21/h2-5,9-10,14,23H,6-8,11-13,15-16H2,1H3. The number of piperidine rings is 1. The molecule has 2 fully saturated rings. The predicted molar refractivity (Wildman–Crippen MR) is 101 cm³/mol. The normalized spacial score (nSPS) is 20.0. The minimum Gasteiger partial charge on any atom is -0.496 e. The molecule has 3 heterocycles. The van der Waals surface area contributed by atoms with Crippen LogP contribution in [0.4, 0.5) is 0 Å². The molecule has 4 nitrogen and oxygen atoms in total. The van der Waals surface area contributed by atoms with E-state index in [2.05, 4.69) is 45.5 Å². The highest BCUT2D eigenvalue weighted by Crippen LogP contribution is 2.39. The molecule has 0 aliphatic carbocycles. The molecule has 0 amide bonds. The van der Waals surface area contributed by atoms with Crippen LogP contribution >= 0.6 is 0 Å². The first-order chi connectivity index (χ1) is 12.3. The monoisotopic (exact) mass is 337 g/mol. The van der Waals surface area contributed by atoms with Crippen LogP contribution in [0.2, 0.25) is 0 Å². The van der Waals surface area contributed by atoms with E-state index in [1.807, 2.05) is 12.4 Å². The third-order valence-electron chi connectivity index (χ3n) is 5.87. The molecule has 1 aromatic heterocycles. The molecule has 4 heteroatoms. The van der Waals surface area contributed by atoms with Crippen LogP contribution in [0, 0.1) is 5.41 Å². The minimum atomic E-state index is 0.543. The van der Waals surface area contributed by atoms with E-state index < -0.39 is 0 Å². The van der Waals surface area contributed by atoms with E-state index in [1.54, 1.807) is 7.11 Å². The van der Waals surface area contributed by atoms with Gasteiger partial charge in [-0.15, -0.1) is 0 Å². The molecule has 2 aromatic rings. The van der Waals surface area contributed by atoms with E-state index in [-0.39, 0.29) is 0 Å². The van der Waals surface area contributed by atoms with E-state index in [0.717, 1.165) is 12.3 Å². The summed E-state index contributed by atoms with van der Waals surface area (Å²) in [7, 11) is 1.77. The summed E-state index contributed by atoms with van der Waals surface area (Å²) >= 11 is 0. The van der Waals surface area contributed by atoms with Gasteiger partial charge in [-0.25, -0.2) is 0 Å². The number of methoxy groups -OCH3 is 1. The molecule has 25 heavy (non-hydrogen) atoms. The van der Waals surface area contributed by atoms with Crippen LogP contribution < -0.4 is 10.1 Å². The van der Waals surface area contributed by atoms with Crippen molar-refractivity contribution in [2.45, 2.75) is 25.8 Å². The fourth-order valence-electron chi connectivity index (χ4n) is 4.39. The van der Waals surface area contributed by atoms with Crippen molar-refractivity contribution in [2.75, 3.05) is 33.3 Å². The second-order valence-corrected chi connectivity index (χ2v) is 7.47. The zero-order chi connectivity index (χ0) is 17.1. The molecule has 2 aliphatic heterocycles. The summed E-state index contributed by atoms with van der Waals surface area (Å²) in [5.74, 6) is 0.990. The highest BCUT2D eigenvalue weighted by Gasteiger charge is 2.38. The molecule has 0 radical (unpaired) electrons. The molecule has 2 aliphatic rings. The summed E-state index contributed by atoms with van der Waals surface area (Å²) in [6, 6.07) is 10.6. The number of rotatable bonds is 4. The molecule has 4 rings (SSSR count). The first-order valence-corrected chi connectivity index (χ1v) is 9.28. The van der Waals surface area contributed by atoms with Crippen molar-refractivity contribution in [3.63, 3.8) is 0 Å². The lowest BCUT2D eigenvalue weighted by molar-refractivity contribution is 0.193. The zero-order valence-corrected chi connectivity index (χ0v) is 15.0. The van der Waals surface area contributed by atoms with Crippen LogP contribution in [0.3, 0.4) is 0 Å². The molecule has 2 saturated heterocycles. The second-order valence-electron chi connectivity index (χ2n) is 7.47. The van der Waals surface area contributed by atoms with Gasteiger partial charge in [0.15, 0.2) is 0 Å². The number of likely N-dealkylation sites (tertiary alicyclic amines) is 1. The van der Waals surface area contributed by atoms with E-state index in [4.69, 9.17) is 4.74 Å². The smallest absolute Gasteiger partial charge is 0.123 e. The lowest BCUT2D eigenvalue weighted by Gasteiger charge is -2.34. The average molecular weight is 337 g/mol. The van der Waals surface area contributed by atoms with Crippen molar-refractivity contribution in [3.05, 3.63) is 48.3 Å². The average Bonchev–Trinajstić information content (AvgIpc) is 3.05. The van der Waals surface area contributed by atoms with E-state index in [1.165, 1.54) is 62.1 Å². The molecule has 132 valence electrons. The van der Waals surface area contributed by atoms with Gasteiger partial charge in [0.25, 0.3) is 0 Å². The summed E-state index contributed by atoms with van der Waals surface area (Å²) in [6.07, 6.45) is 7.66. The van der Waals surface area contributed by atoms with E-state index >= 15 is 0 Å². The lowest BCUT2D eigenvalue weighted by Crippen LogP contribution is -2.38. The Balaban J connectivity index is 1.53. The summed E-state index contributed by atoms with van der Waals surface area (Å²) in [5, 5.41) is 3.50. The van der Waals surface area contributed by atoms with Gasteiger partial charge in [-0.2, -0.15) is 0 Å². The van der Waals surface area contributed by atoms with Crippen LogP contribution in [0.25, 0.3) is 11.1 Å². The Morgan fingerprint density at radius 2 is 1.88 bits per heavy atom. The first kappa shape index (κ1) is 16.6. The predicted octanol–water partition coefficient (Wildman–Crippen LogP) is 3.33. The number of benzene rings is 1. The molecule has 0 bridgehead atoms. The van der Waals surface area contributed by atoms with Crippen LogP contribution in [0.1, 0.15) is 24.8 Å². The maximum absolute atomic E-state index is 5.63. The Kier molecular flexibility index (Phi) is 4.73. The van der Waals surface area contributed by atoms with Gasteiger partial charge in [0, 0.05) is 31.0 Å². The van der Waals surface area contributed by atoms with Crippen molar-refractivity contribution in [1.29, 1.82) is 0 Å². The molecule has 0 saturated carbocycles. The van der Waals surface area contributed by atoms with Crippen molar-refractivity contribution in [3.8, 4) is 16.9 Å². The van der Waals surface area contributed by atoms with Crippen LogP contribution in [-0.2, 0) is 6.54 Å². The molecule has 1 aromatic carbocycles. The molecular weight excluding hydrogens is 310 g/mol. The summed E-state index contributed by atoms with van der Waals surface area (Å²) < 4.78 is 5.63. The van der Waals surface area contributed by atoms with Crippen molar-refractivity contribution >= 4 is 0 Å². The van der Waals surface area contributed by atoms with Gasteiger partial charge in [-0.3, -0.25) is 9.88 Å². The van der Waals surface area contributed by atoms with E-state index in [9.17, 15) is 0 Å². The number of ether oxygens (including phenoxy) is 1. The minimum absolute atomic E-state index is 0.543. The Bertz CT molecular complexity index is 710. The fraction of sp³-hybridized carbons (Fsp3) is 0.476. The Labute approximate surface area is 150 Å². The number of hydrogen-bond donors (Lipinski definition) is 1. The lowest BCUT2D eigenvalue weighted by atomic mass is 9.78. The third-order valence-corrected chi connectivity index (χ3v) is 5.87. The summed E-state index contributed by atoms with van der Waals surface area (Å²) in [4.78, 5) is 6.73. The van der Waals surface area contributed by atoms with Gasteiger partial charge in [0.2, 0.25) is 0 Å². The summed E-state index contributed by atoms with van der Waals surface area (Å²) in [5.41, 5.74) is 4.26. The van der Waals surface area contributed by atoms with Gasteiger partial charge in [-0.1, -0.05) is 6.07 Å². The maximum Gasteiger partial charge on any atom is 0.123 e. The van der Waals surface area contributed by atoms with Crippen LogP contribution in [0.5, 0.6) is 5.75 Å². The highest BCUT2D eigenvalue weighted by molar-refractivity contribution is 5.65. The van der Waals surface area contributed by atoms with E-state index in [0.29, 0.717) is 5.41 Å². The Morgan fingerprint density at radius 3 is 2.64 bits per heavy atom. The number of hydrogen-bond acceptors (Lipinski definition) is 4. The van der Waals surface area contributed by atoms with Gasteiger partial charge >= 0.3 is 0 Å². The zero-order valence-electron chi connectivity index (χ0n) is 15.0. The molecule has 1 spiro atoms. The molecule has 1 N–H and O–H groups in total. The number of aromatic nitrogens is 1. The van der Waals surface area contributed by atoms with Crippen molar-refractivity contribution < 1.29 is 4.74 Å². The van der Waals surface area contributed by atoms with Gasteiger partial charge < -0.3 is 10.1 Å². The first-order valence-electron chi connectivity index (χ1n) is 9.28. The van der Waals surface area contributed by atoms with Gasteiger partial charge in [0.1, 0.15) is 5.75 Å². The Morgan fingerprint density at radius 1 is 1.08 bits per heavy atom. The fourth-order valence-corrected chi connectivity index (χ4v) is 4.39. The highest BCUT2D eigenvalue weighted by atomic mass is 16.5. The largest absolute Gasteiger partial charge is 0.496 e. The third kappa shape index (κ3) is 3.55. The SMILES string of the molecule is COc1ccc(-c2ccncc2)cc1CN1CCC2(CCNCC2)C1.